The van der Waals surface area contributed by atoms with Crippen LogP contribution in [0, 0.1) is 5.92 Å². The molecule has 82 valence electrons. The van der Waals surface area contributed by atoms with Gasteiger partial charge in [0.1, 0.15) is 0 Å². The Hall–Kier alpha value is -0.860. The Morgan fingerprint density at radius 2 is 1.93 bits per heavy atom. The Kier molecular flexibility index (Phi) is 3.08. The van der Waals surface area contributed by atoms with Crippen LogP contribution in [0.25, 0.3) is 0 Å². The topological polar surface area (TPSA) is 23.5 Å². The molecule has 1 aromatic carbocycles. The number of piperidine rings is 1. The molecule has 1 N–H and O–H groups in total. The summed E-state index contributed by atoms with van der Waals surface area (Å²) in [6.07, 6.45) is 0.729. The SMILES string of the molecule is C[C@@H]1[C@H](O)CCN(C)[C@@H]1c1ccccc1. The quantitative estimate of drug-likeness (QED) is 0.758. The lowest BCUT2D eigenvalue weighted by atomic mass is 9.84. The van der Waals surface area contributed by atoms with Crippen LogP contribution < -0.4 is 0 Å². The summed E-state index contributed by atoms with van der Waals surface area (Å²) >= 11 is 0. The molecule has 1 aliphatic rings. The zero-order chi connectivity index (χ0) is 10.8. The fourth-order valence-corrected chi connectivity index (χ4v) is 2.56. The second kappa shape index (κ2) is 4.33. The number of rotatable bonds is 1. The Balaban J connectivity index is 2.25. The fourth-order valence-electron chi connectivity index (χ4n) is 2.56. The third kappa shape index (κ3) is 2.06. The summed E-state index contributed by atoms with van der Waals surface area (Å²) in [4.78, 5) is 2.34. The molecule has 1 saturated heterocycles. The average molecular weight is 205 g/mol. The Morgan fingerprint density at radius 1 is 1.27 bits per heavy atom. The maximum atomic E-state index is 9.90. The maximum Gasteiger partial charge on any atom is 0.0596 e. The molecule has 0 aromatic heterocycles. The van der Waals surface area contributed by atoms with E-state index >= 15 is 0 Å². The predicted molar refractivity (Wildman–Crippen MR) is 61.6 cm³/mol. The minimum absolute atomic E-state index is 0.161. The monoisotopic (exact) mass is 205 g/mol. The highest BCUT2D eigenvalue weighted by Crippen LogP contribution is 2.34. The van der Waals surface area contributed by atoms with E-state index in [-0.39, 0.29) is 6.10 Å². The van der Waals surface area contributed by atoms with Crippen molar-refractivity contribution in [2.75, 3.05) is 13.6 Å². The minimum atomic E-state index is -0.161. The summed E-state index contributed by atoms with van der Waals surface area (Å²) in [6.45, 7) is 3.11. The molecule has 0 saturated carbocycles. The Morgan fingerprint density at radius 3 is 2.60 bits per heavy atom. The molecule has 2 rings (SSSR count). The van der Waals surface area contributed by atoms with Crippen molar-refractivity contribution in [3.05, 3.63) is 35.9 Å². The van der Waals surface area contributed by atoms with Crippen LogP contribution in [0.15, 0.2) is 30.3 Å². The van der Waals surface area contributed by atoms with Crippen molar-refractivity contribution >= 4 is 0 Å². The van der Waals surface area contributed by atoms with Crippen LogP contribution >= 0.6 is 0 Å². The molecule has 1 aliphatic heterocycles. The summed E-state index contributed by atoms with van der Waals surface area (Å²) in [6, 6.07) is 10.8. The third-order valence-corrected chi connectivity index (χ3v) is 3.50. The highest BCUT2D eigenvalue weighted by atomic mass is 16.3. The van der Waals surface area contributed by atoms with Gasteiger partial charge < -0.3 is 5.11 Å². The predicted octanol–water partition coefficient (Wildman–Crippen LogP) is 2.06. The van der Waals surface area contributed by atoms with Gasteiger partial charge in [0.2, 0.25) is 0 Å². The number of nitrogens with zero attached hydrogens (tertiary/aromatic N) is 1. The van der Waals surface area contributed by atoms with Crippen LogP contribution in [0.3, 0.4) is 0 Å². The molecule has 1 aromatic rings. The van der Waals surface area contributed by atoms with Crippen LogP contribution in [0.2, 0.25) is 0 Å². The molecule has 1 heterocycles. The van der Waals surface area contributed by atoms with E-state index in [4.69, 9.17) is 0 Å². The molecule has 0 amide bonds. The second-order valence-electron chi connectivity index (χ2n) is 4.55. The highest BCUT2D eigenvalue weighted by Gasteiger charge is 2.32. The van der Waals surface area contributed by atoms with Crippen LogP contribution in [0.1, 0.15) is 24.9 Å². The van der Waals surface area contributed by atoms with Crippen LogP contribution in [0.4, 0.5) is 0 Å². The van der Waals surface area contributed by atoms with Crippen molar-refractivity contribution in [2.24, 2.45) is 5.92 Å². The molecule has 2 nitrogen and oxygen atoms in total. The van der Waals surface area contributed by atoms with Gasteiger partial charge in [-0.2, -0.15) is 0 Å². The van der Waals surface area contributed by atoms with Gasteiger partial charge in [-0.25, -0.2) is 0 Å². The Labute approximate surface area is 91.5 Å². The van der Waals surface area contributed by atoms with Gasteiger partial charge >= 0.3 is 0 Å². The number of likely N-dealkylation sites (tertiary alicyclic amines) is 1. The summed E-state index contributed by atoms with van der Waals surface area (Å²) in [5, 5.41) is 9.90. The standard InChI is InChI=1S/C13H19NO/c1-10-12(15)8-9-14(2)13(10)11-6-4-3-5-7-11/h3-7,10,12-13,15H,8-9H2,1-2H3/t10-,12-,13+/m1/s1. The highest BCUT2D eigenvalue weighted by molar-refractivity contribution is 5.20. The van der Waals surface area contributed by atoms with Crippen molar-refractivity contribution in [1.82, 2.24) is 4.90 Å². The van der Waals surface area contributed by atoms with Gasteiger partial charge in [0, 0.05) is 18.5 Å². The minimum Gasteiger partial charge on any atom is -0.393 e. The fraction of sp³-hybridized carbons (Fsp3) is 0.538. The van der Waals surface area contributed by atoms with E-state index in [2.05, 4.69) is 43.1 Å². The number of hydrogen-bond donors (Lipinski definition) is 1. The molecule has 0 bridgehead atoms. The van der Waals surface area contributed by atoms with Crippen molar-refractivity contribution in [3.8, 4) is 0 Å². The number of aliphatic hydroxyl groups is 1. The maximum absolute atomic E-state index is 9.90. The first-order valence-corrected chi connectivity index (χ1v) is 5.63. The first kappa shape index (κ1) is 10.7. The zero-order valence-corrected chi connectivity index (χ0v) is 9.43. The average Bonchev–Trinajstić information content (AvgIpc) is 2.26. The summed E-state index contributed by atoms with van der Waals surface area (Å²) in [5.41, 5.74) is 1.31. The smallest absolute Gasteiger partial charge is 0.0596 e. The van der Waals surface area contributed by atoms with Gasteiger partial charge in [-0.05, 0) is 19.0 Å². The number of benzene rings is 1. The second-order valence-corrected chi connectivity index (χ2v) is 4.55. The molecule has 2 heteroatoms. The van der Waals surface area contributed by atoms with Gasteiger partial charge in [0.25, 0.3) is 0 Å². The van der Waals surface area contributed by atoms with E-state index in [1.165, 1.54) is 5.56 Å². The van der Waals surface area contributed by atoms with E-state index in [0.717, 1.165) is 13.0 Å². The number of aliphatic hydroxyl groups excluding tert-OH is 1. The Bertz CT molecular complexity index is 312. The van der Waals surface area contributed by atoms with Gasteiger partial charge in [0.05, 0.1) is 6.10 Å². The zero-order valence-electron chi connectivity index (χ0n) is 9.43. The van der Waals surface area contributed by atoms with Gasteiger partial charge in [-0.3, -0.25) is 4.90 Å². The third-order valence-electron chi connectivity index (χ3n) is 3.50. The molecule has 1 fully saturated rings. The van der Waals surface area contributed by atoms with Crippen molar-refractivity contribution in [2.45, 2.75) is 25.5 Å². The van der Waals surface area contributed by atoms with Crippen LogP contribution in [-0.2, 0) is 0 Å². The van der Waals surface area contributed by atoms with E-state index < -0.39 is 0 Å². The lowest BCUT2D eigenvalue weighted by molar-refractivity contribution is 0.00224. The van der Waals surface area contributed by atoms with Crippen molar-refractivity contribution in [1.29, 1.82) is 0 Å². The molecular weight excluding hydrogens is 186 g/mol. The summed E-state index contributed by atoms with van der Waals surface area (Å²) in [7, 11) is 2.14. The van der Waals surface area contributed by atoms with Crippen molar-refractivity contribution in [3.63, 3.8) is 0 Å². The molecule has 0 unspecified atom stereocenters. The lowest BCUT2D eigenvalue weighted by Gasteiger charge is -2.40. The van der Waals surface area contributed by atoms with Crippen LogP contribution in [0.5, 0.6) is 0 Å². The molecule has 0 radical (unpaired) electrons. The van der Waals surface area contributed by atoms with E-state index in [1.54, 1.807) is 0 Å². The molecule has 0 aliphatic carbocycles. The lowest BCUT2D eigenvalue weighted by Crippen LogP contribution is -2.42. The van der Waals surface area contributed by atoms with Crippen molar-refractivity contribution < 1.29 is 5.11 Å². The summed E-state index contributed by atoms with van der Waals surface area (Å²) < 4.78 is 0. The molecule has 0 spiro atoms. The molecular formula is C13H19NO. The first-order chi connectivity index (χ1) is 7.20. The molecule has 15 heavy (non-hydrogen) atoms. The van der Waals surface area contributed by atoms with E-state index in [0.29, 0.717) is 12.0 Å². The number of hydrogen-bond acceptors (Lipinski definition) is 2. The first-order valence-electron chi connectivity index (χ1n) is 5.63. The van der Waals surface area contributed by atoms with Gasteiger partial charge in [-0.1, -0.05) is 37.3 Å². The van der Waals surface area contributed by atoms with Crippen LogP contribution in [-0.4, -0.2) is 29.7 Å². The van der Waals surface area contributed by atoms with Gasteiger partial charge in [-0.15, -0.1) is 0 Å². The largest absolute Gasteiger partial charge is 0.393 e. The normalized spacial score (nSPS) is 32.9. The van der Waals surface area contributed by atoms with E-state index in [1.807, 2.05) is 6.07 Å². The van der Waals surface area contributed by atoms with Gasteiger partial charge in [0.15, 0.2) is 0 Å². The summed E-state index contributed by atoms with van der Waals surface area (Å²) in [5.74, 6) is 0.311. The molecule has 3 atom stereocenters. The van der Waals surface area contributed by atoms with E-state index in [9.17, 15) is 5.11 Å².